The maximum absolute atomic E-state index is 13.4. The number of nitrogens with zero attached hydrogens (tertiary/aromatic N) is 1. The second-order valence-electron chi connectivity index (χ2n) is 8.59. The largest absolute Gasteiger partial charge is 0.460 e. The number of hydrogen-bond acceptors (Lipinski definition) is 7. The zero-order chi connectivity index (χ0) is 19.5. The highest BCUT2D eigenvalue weighted by Crippen LogP contribution is 2.46. The van der Waals surface area contributed by atoms with Gasteiger partial charge in [-0.25, -0.2) is 4.79 Å². The van der Waals surface area contributed by atoms with Crippen LogP contribution in [-0.2, 0) is 19.9 Å². The predicted octanol–water partition coefficient (Wildman–Crippen LogP) is 3.14. The molecule has 4 aliphatic heterocycles. The molecule has 1 aliphatic carbocycles. The second kappa shape index (κ2) is 7.13. The van der Waals surface area contributed by atoms with E-state index in [9.17, 15) is 9.90 Å². The van der Waals surface area contributed by atoms with Crippen LogP contribution in [0.1, 0.15) is 37.5 Å². The molecule has 1 N–H and O–H groups in total. The van der Waals surface area contributed by atoms with Crippen molar-refractivity contribution in [2.24, 2.45) is 5.92 Å². The molecule has 7 heteroatoms. The Morgan fingerprint density at radius 1 is 1.39 bits per heavy atom. The molecule has 152 valence electrons. The molecule has 0 aromatic carbocycles. The number of ether oxygens (including phenoxy) is 2. The Labute approximate surface area is 174 Å². The number of thioether (sulfide) groups is 1. The van der Waals surface area contributed by atoms with Crippen LogP contribution in [0.3, 0.4) is 0 Å². The van der Waals surface area contributed by atoms with Crippen LogP contribution in [0.25, 0.3) is 0 Å². The highest BCUT2D eigenvalue weighted by molar-refractivity contribution is 8.03. The standard InChI is InChI=1S/C21H27NO4S2/c1-12-7-9-28-19(12)21(24,17-4-3-8-27-17)20(23)25-14-5-6-16-18(26-16)15-11-13(10-14)22(15)2/h3-4,7-9,12-16,18-19,24H,5-6,10-11H2,1-2H3/t12?,13?,14-,15?,16?,18-,19?,21?/m1/s1. The van der Waals surface area contributed by atoms with E-state index >= 15 is 0 Å². The van der Waals surface area contributed by atoms with Crippen molar-refractivity contribution in [2.75, 3.05) is 7.05 Å². The fraction of sp³-hybridized carbons (Fsp3) is 0.667. The Balaban J connectivity index is 1.36. The highest BCUT2D eigenvalue weighted by atomic mass is 32.2. The molecule has 3 saturated heterocycles. The molecule has 0 radical (unpaired) electrons. The third-order valence-corrected chi connectivity index (χ3v) is 9.27. The van der Waals surface area contributed by atoms with E-state index in [2.05, 4.69) is 18.0 Å². The summed E-state index contributed by atoms with van der Waals surface area (Å²) in [6, 6.07) is 4.67. The van der Waals surface area contributed by atoms with Crippen LogP contribution in [0, 0.1) is 5.92 Å². The molecular formula is C21H27NO4S2. The van der Waals surface area contributed by atoms with Crippen molar-refractivity contribution >= 4 is 29.1 Å². The van der Waals surface area contributed by atoms with Crippen molar-refractivity contribution in [2.45, 2.75) is 73.9 Å². The van der Waals surface area contributed by atoms with Crippen LogP contribution in [0.15, 0.2) is 29.0 Å². The fourth-order valence-electron chi connectivity index (χ4n) is 5.03. The third-order valence-electron chi connectivity index (χ3n) is 6.90. The third kappa shape index (κ3) is 3.06. The summed E-state index contributed by atoms with van der Waals surface area (Å²) in [5.74, 6) is -0.400. The molecule has 8 atom stereocenters. The minimum atomic E-state index is -1.62. The smallest absolute Gasteiger partial charge is 0.345 e. The Morgan fingerprint density at radius 3 is 2.93 bits per heavy atom. The lowest BCUT2D eigenvalue weighted by Crippen LogP contribution is -2.57. The molecule has 1 saturated carbocycles. The molecule has 2 bridgehead atoms. The number of carbonyl (C=O) groups excluding carboxylic acids is 1. The molecule has 5 nitrogen and oxygen atoms in total. The maximum atomic E-state index is 13.4. The molecule has 6 unspecified atom stereocenters. The minimum absolute atomic E-state index is 0.101. The van der Waals surface area contributed by atoms with Gasteiger partial charge in [0.2, 0.25) is 5.60 Å². The van der Waals surface area contributed by atoms with E-state index in [4.69, 9.17) is 9.47 Å². The highest BCUT2D eigenvalue weighted by Gasteiger charge is 2.55. The summed E-state index contributed by atoms with van der Waals surface area (Å²) >= 11 is 2.94. The van der Waals surface area contributed by atoms with Crippen molar-refractivity contribution in [1.82, 2.24) is 4.90 Å². The van der Waals surface area contributed by atoms with Gasteiger partial charge in [0.1, 0.15) is 6.10 Å². The van der Waals surface area contributed by atoms with Crippen molar-refractivity contribution in [3.63, 3.8) is 0 Å². The van der Waals surface area contributed by atoms with Crippen molar-refractivity contribution in [1.29, 1.82) is 0 Å². The predicted molar refractivity (Wildman–Crippen MR) is 110 cm³/mol. The van der Waals surface area contributed by atoms with Gasteiger partial charge >= 0.3 is 5.97 Å². The monoisotopic (exact) mass is 421 g/mol. The van der Waals surface area contributed by atoms with Gasteiger partial charge in [-0.3, -0.25) is 4.90 Å². The van der Waals surface area contributed by atoms with E-state index in [-0.39, 0.29) is 17.3 Å². The number of aliphatic hydroxyl groups is 1. The lowest BCUT2D eigenvalue weighted by atomic mass is 9.87. The molecular weight excluding hydrogens is 394 g/mol. The number of epoxide rings is 1. The first-order valence-corrected chi connectivity index (χ1v) is 12.0. The fourth-order valence-corrected chi connectivity index (χ4v) is 7.22. The first kappa shape index (κ1) is 19.1. The normalized spacial score (nSPS) is 41.8. The number of likely N-dealkylation sites (N-methyl/N-ethyl adjacent to an activating group) is 1. The number of thiophene rings is 1. The molecule has 28 heavy (non-hydrogen) atoms. The van der Waals surface area contributed by atoms with Gasteiger partial charge in [-0.05, 0) is 55.5 Å². The second-order valence-corrected chi connectivity index (χ2v) is 10.6. The molecule has 4 fully saturated rings. The van der Waals surface area contributed by atoms with E-state index in [1.165, 1.54) is 23.1 Å². The van der Waals surface area contributed by atoms with Crippen LogP contribution in [0.5, 0.6) is 0 Å². The summed E-state index contributed by atoms with van der Waals surface area (Å²) in [6.45, 7) is 2.04. The summed E-state index contributed by atoms with van der Waals surface area (Å²) in [4.78, 5) is 16.4. The maximum Gasteiger partial charge on any atom is 0.345 e. The average Bonchev–Trinajstić information content (AvgIpc) is 3.06. The van der Waals surface area contributed by atoms with Gasteiger partial charge in [0.15, 0.2) is 0 Å². The number of allylic oxidation sites excluding steroid dienone is 1. The van der Waals surface area contributed by atoms with E-state index < -0.39 is 11.6 Å². The quantitative estimate of drug-likeness (QED) is 0.595. The summed E-state index contributed by atoms with van der Waals surface area (Å²) in [6.07, 6.45) is 6.22. The first-order chi connectivity index (χ1) is 13.5. The zero-order valence-electron chi connectivity index (χ0n) is 16.2. The first-order valence-electron chi connectivity index (χ1n) is 10.2. The van der Waals surface area contributed by atoms with Crippen LogP contribution in [0.2, 0.25) is 0 Å². The molecule has 6 rings (SSSR count). The van der Waals surface area contributed by atoms with Gasteiger partial charge in [0.25, 0.3) is 0 Å². The number of esters is 1. The van der Waals surface area contributed by atoms with Crippen molar-refractivity contribution in [3.8, 4) is 0 Å². The number of fused-ring (bicyclic) bond motifs is 3. The van der Waals surface area contributed by atoms with Crippen LogP contribution in [-0.4, -0.2) is 58.7 Å². The summed E-state index contributed by atoms with van der Waals surface area (Å²) < 4.78 is 11.9. The number of hydrogen-bond donors (Lipinski definition) is 1. The van der Waals surface area contributed by atoms with Gasteiger partial charge in [-0.15, -0.1) is 23.1 Å². The topological polar surface area (TPSA) is 62.3 Å². The van der Waals surface area contributed by atoms with E-state index in [0.717, 1.165) is 25.7 Å². The van der Waals surface area contributed by atoms with Gasteiger partial charge in [0, 0.05) is 17.0 Å². The molecule has 5 heterocycles. The molecule has 0 spiro atoms. The van der Waals surface area contributed by atoms with Gasteiger partial charge in [-0.1, -0.05) is 19.1 Å². The van der Waals surface area contributed by atoms with E-state index in [1.807, 2.05) is 29.8 Å². The lowest BCUT2D eigenvalue weighted by molar-refractivity contribution is -0.175. The van der Waals surface area contributed by atoms with E-state index in [1.54, 1.807) is 0 Å². The number of rotatable bonds is 4. The molecule has 1 aromatic heterocycles. The lowest BCUT2D eigenvalue weighted by Gasteiger charge is -2.46. The average molecular weight is 422 g/mol. The minimum Gasteiger partial charge on any atom is -0.460 e. The van der Waals surface area contributed by atoms with Gasteiger partial charge in [0.05, 0.1) is 17.5 Å². The van der Waals surface area contributed by atoms with Crippen molar-refractivity contribution in [3.05, 3.63) is 33.9 Å². The van der Waals surface area contributed by atoms with Gasteiger partial charge < -0.3 is 14.6 Å². The van der Waals surface area contributed by atoms with Crippen LogP contribution in [0.4, 0.5) is 0 Å². The van der Waals surface area contributed by atoms with Crippen LogP contribution >= 0.6 is 23.1 Å². The molecule has 1 aromatic rings. The Morgan fingerprint density at radius 2 is 2.25 bits per heavy atom. The summed E-state index contributed by atoms with van der Waals surface area (Å²) in [5, 5.41) is 15.3. The number of carbonyl (C=O) groups is 1. The zero-order valence-corrected chi connectivity index (χ0v) is 17.8. The molecule has 5 aliphatic rings. The SMILES string of the molecule is CC1C=CSC1C(O)(C(=O)O[C@@H]1CCC2O[C@@H]2C2CC(C1)N2C)c1cccs1. The van der Waals surface area contributed by atoms with Crippen molar-refractivity contribution < 1.29 is 19.4 Å². The van der Waals surface area contributed by atoms with E-state index in [0.29, 0.717) is 29.2 Å². The Hall–Kier alpha value is -0.860. The summed E-state index contributed by atoms with van der Waals surface area (Å²) in [7, 11) is 2.15. The summed E-state index contributed by atoms with van der Waals surface area (Å²) in [5.41, 5.74) is -1.62. The molecule has 0 amide bonds. The Bertz CT molecular complexity index is 768. The van der Waals surface area contributed by atoms with Gasteiger partial charge in [-0.2, -0.15) is 0 Å². The van der Waals surface area contributed by atoms with Crippen LogP contribution < -0.4 is 0 Å². The Kier molecular flexibility index (Phi) is 4.87.